The Hall–Kier alpha value is -6.84. The van der Waals surface area contributed by atoms with Crippen LogP contribution in [0.3, 0.4) is 0 Å². The molecule has 0 atom stereocenters. The number of para-hydroxylation sites is 1. The maximum absolute atomic E-state index is 7.14. The van der Waals surface area contributed by atoms with Crippen molar-refractivity contribution in [2.24, 2.45) is 0 Å². The van der Waals surface area contributed by atoms with Crippen LogP contribution >= 0.6 is 0 Å². The van der Waals surface area contributed by atoms with Crippen LogP contribution in [0.25, 0.3) is 77.2 Å². The van der Waals surface area contributed by atoms with E-state index in [1.165, 1.54) is 16.3 Å². The van der Waals surface area contributed by atoms with E-state index < -0.39 is 0 Å². The molecule has 10 aromatic rings. The van der Waals surface area contributed by atoms with Crippen molar-refractivity contribution in [1.29, 1.82) is 0 Å². The molecular weight excluding hydrogens is 709 g/mol. The molecule has 0 bridgehead atoms. The van der Waals surface area contributed by atoms with E-state index in [1.54, 1.807) is 0 Å². The highest BCUT2D eigenvalue weighted by Gasteiger charge is 2.23. The van der Waals surface area contributed by atoms with Gasteiger partial charge in [0.1, 0.15) is 44.8 Å². The van der Waals surface area contributed by atoms with E-state index in [0.29, 0.717) is 16.5 Å². The number of furan rings is 1. The molecule has 0 saturated heterocycles. The fraction of sp³-hybridized carbons (Fsp3) is 0. The Morgan fingerprint density at radius 3 is 1.49 bits per heavy atom. The van der Waals surface area contributed by atoms with Crippen LogP contribution < -0.4 is 32.2 Å². The van der Waals surface area contributed by atoms with Crippen molar-refractivity contribution in [2.75, 3.05) is 4.90 Å². The van der Waals surface area contributed by atoms with Crippen LogP contribution in [0.2, 0.25) is 0 Å². The van der Waals surface area contributed by atoms with Crippen molar-refractivity contribution in [3.63, 3.8) is 0 Å². The van der Waals surface area contributed by atoms with Crippen LogP contribution in [0.5, 0.6) is 0 Å². The molecule has 0 saturated carbocycles. The normalized spacial score (nSPS) is 11.4. The molecule has 0 amide bonds. The van der Waals surface area contributed by atoms with Crippen molar-refractivity contribution in [3.05, 3.63) is 182 Å². The Labute approximate surface area is 350 Å². The molecule has 9 aromatic carbocycles. The SMILES string of the molecule is [B]c1c([B])c([B])c(-c2ccc(N(c3ccc(-c4cccc5ccccc45)cc3)c3cccc4c3oc3c(-c5ccccc5)ccc(-c5ccccc5)c34)cc2)c([B])c1[B]. The third-order valence-electron chi connectivity index (χ3n) is 11.4. The van der Waals surface area contributed by atoms with Gasteiger partial charge in [-0.05, 0) is 86.1 Å². The average molecular weight is 739 g/mol. The van der Waals surface area contributed by atoms with E-state index in [1.807, 2.05) is 36.4 Å². The van der Waals surface area contributed by atoms with E-state index >= 15 is 0 Å². The predicted molar refractivity (Wildman–Crippen MR) is 255 cm³/mol. The van der Waals surface area contributed by atoms with E-state index in [2.05, 4.69) is 150 Å². The van der Waals surface area contributed by atoms with Gasteiger partial charge in [-0.3, -0.25) is 0 Å². The van der Waals surface area contributed by atoms with Gasteiger partial charge in [0.25, 0.3) is 0 Å². The molecule has 2 nitrogen and oxygen atoms in total. The van der Waals surface area contributed by atoms with Gasteiger partial charge in [0.15, 0.2) is 5.58 Å². The number of hydrogen-bond acceptors (Lipinski definition) is 2. The lowest BCUT2D eigenvalue weighted by atomic mass is 9.60. The van der Waals surface area contributed by atoms with Crippen LogP contribution in [-0.2, 0) is 0 Å². The second-order valence-electron chi connectivity index (χ2n) is 14.8. The van der Waals surface area contributed by atoms with Gasteiger partial charge in [-0.1, -0.05) is 157 Å². The Balaban J connectivity index is 1.19. The monoisotopic (exact) mass is 739 g/mol. The quantitative estimate of drug-likeness (QED) is 0.152. The van der Waals surface area contributed by atoms with E-state index in [4.69, 9.17) is 43.6 Å². The molecule has 0 aliphatic rings. The van der Waals surface area contributed by atoms with Crippen LogP contribution in [0.15, 0.2) is 186 Å². The molecule has 0 aliphatic carbocycles. The second kappa shape index (κ2) is 14.8. The van der Waals surface area contributed by atoms with Gasteiger partial charge >= 0.3 is 0 Å². The maximum Gasteiger partial charge on any atom is 0.159 e. The van der Waals surface area contributed by atoms with Gasteiger partial charge in [-0.25, -0.2) is 0 Å². The van der Waals surface area contributed by atoms with Gasteiger partial charge < -0.3 is 9.32 Å². The Kier molecular flexibility index (Phi) is 9.18. The second-order valence-corrected chi connectivity index (χ2v) is 14.8. The fourth-order valence-electron chi connectivity index (χ4n) is 8.40. The minimum Gasteiger partial charge on any atom is -0.453 e. The minimum atomic E-state index is 0.184. The molecule has 264 valence electrons. The summed E-state index contributed by atoms with van der Waals surface area (Å²) in [4.78, 5) is 2.23. The highest BCUT2D eigenvalue weighted by atomic mass is 16.3. The summed E-state index contributed by atoms with van der Waals surface area (Å²) in [6.07, 6.45) is 0. The summed E-state index contributed by atoms with van der Waals surface area (Å²) in [6, 6.07) is 63.2. The fourth-order valence-corrected chi connectivity index (χ4v) is 8.40. The molecule has 0 fully saturated rings. The minimum absolute atomic E-state index is 0.184. The van der Waals surface area contributed by atoms with E-state index in [-0.39, 0.29) is 16.4 Å². The average Bonchev–Trinajstić information content (AvgIpc) is 3.69. The van der Waals surface area contributed by atoms with Crippen molar-refractivity contribution in [2.45, 2.75) is 0 Å². The number of rotatable bonds is 7. The molecule has 0 spiro atoms. The maximum atomic E-state index is 7.14. The summed E-state index contributed by atoms with van der Waals surface area (Å²) in [5, 5.41) is 4.47. The Morgan fingerprint density at radius 2 is 0.831 bits per heavy atom. The van der Waals surface area contributed by atoms with Gasteiger partial charge in [0.2, 0.25) is 0 Å². The summed E-state index contributed by atoms with van der Waals surface area (Å²) in [5.41, 5.74) is 13.4. The summed E-state index contributed by atoms with van der Waals surface area (Å²) in [6.45, 7) is 0. The predicted octanol–water partition coefficient (Wildman–Crippen LogP) is 8.85. The highest BCUT2D eigenvalue weighted by Crippen LogP contribution is 2.47. The topological polar surface area (TPSA) is 16.4 Å². The van der Waals surface area contributed by atoms with Crippen LogP contribution in [-0.4, -0.2) is 39.2 Å². The van der Waals surface area contributed by atoms with Crippen LogP contribution in [0.4, 0.5) is 17.1 Å². The molecule has 59 heavy (non-hydrogen) atoms. The zero-order valence-electron chi connectivity index (χ0n) is 32.1. The Morgan fingerprint density at radius 1 is 0.339 bits per heavy atom. The highest BCUT2D eigenvalue weighted by molar-refractivity contribution is 6.68. The lowest BCUT2D eigenvalue weighted by Gasteiger charge is -2.26. The molecule has 10 rings (SSSR count). The van der Waals surface area contributed by atoms with Crippen molar-refractivity contribution in [3.8, 4) is 44.5 Å². The summed E-state index contributed by atoms with van der Waals surface area (Å²) < 4.78 is 7.14. The first-order chi connectivity index (χ1) is 28.9. The zero-order chi connectivity index (χ0) is 40.2. The molecule has 0 N–H and O–H groups in total. The number of nitrogens with zero attached hydrogens (tertiary/aromatic N) is 1. The molecular formula is C52H30B5NO. The Bertz CT molecular complexity index is 3160. The van der Waals surface area contributed by atoms with Crippen LogP contribution in [0, 0.1) is 0 Å². The van der Waals surface area contributed by atoms with Crippen molar-refractivity contribution < 1.29 is 4.42 Å². The molecule has 0 aliphatic heterocycles. The lowest BCUT2D eigenvalue weighted by Crippen LogP contribution is -2.55. The number of hydrogen-bond donors (Lipinski definition) is 0. The number of fused-ring (bicyclic) bond motifs is 4. The number of anilines is 3. The number of benzene rings is 9. The molecule has 1 heterocycles. The molecule has 1 aromatic heterocycles. The molecule has 10 radical (unpaired) electrons. The lowest BCUT2D eigenvalue weighted by molar-refractivity contribution is 0.670. The third kappa shape index (κ3) is 6.21. The molecule has 7 heteroatoms. The van der Waals surface area contributed by atoms with Gasteiger partial charge in [-0.2, -0.15) is 0 Å². The summed E-state index contributed by atoms with van der Waals surface area (Å²) in [7, 11) is 31.7. The summed E-state index contributed by atoms with van der Waals surface area (Å²) in [5.74, 6) is 0. The summed E-state index contributed by atoms with van der Waals surface area (Å²) >= 11 is 0. The zero-order valence-corrected chi connectivity index (χ0v) is 32.1. The first-order valence-corrected chi connectivity index (χ1v) is 19.5. The smallest absolute Gasteiger partial charge is 0.159 e. The van der Waals surface area contributed by atoms with Gasteiger partial charge in [0.05, 0.1) is 5.69 Å². The van der Waals surface area contributed by atoms with Gasteiger partial charge in [0, 0.05) is 27.7 Å². The molecule has 0 unspecified atom stereocenters. The third-order valence-corrected chi connectivity index (χ3v) is 11.4. The van der Waals surface area contributed by atoms with Crippen LogP contribution in [0.1, 0.15) is 0 Å². The van der Waals surface area contributed by atoms with E-state index in [0.717, 1.165) is 72.4 Å². The van der Waals surface area contributed by atoms with Crippen molar-refractivity contribution in [1.82, 2.24) is 0 Å². The van der Waals surface area contributed by atoms with Gasteiger partial charge in [-0.15, -0.1) is 16.4 Å². The van der Waals surface area contributed by atoms with E-state index in [9.17, 15) is 0 Å². The first-order valence-electron chi connectivity index (χ1n) is 19.5. The largest absolute Gasteiger partial charge is 0.453 e. The van der Waals surface area contributed by atoms with Crippen molar-refractivity contribution >= 4 is 116 Å². The first kappa shape index (κ1) is 36.5. The standard InChI is InChI=1S/C52H30B5NO/c53-46-44(47(54)49(56)50(57)48(46)55)35-23-27-37(28-24-35)58(36-25-21-34(22-26-36)39-18-9-16-31-15-7-8-17-38(31)39)43-20-10-19-42-45-40(32-11-3-1-4-12-32)29-30-41(52(45)59-51(42)43)33-13-5-2-6-14-33/h1-30H.